The van der Waals surface area contributed by atoms with Crippen LogP contribution in [0.25, 0.3) is 10.9 Å². The highest BCUT2D eigenvalue weighted by molar-refractivity contribution is 7.88. The number of aryl methyl sites for hydroxylation is 1. The van der Waals surface area contributed by atoms with Crippen molar-refractivity contribution in [3.05, 3.63) is 88.4 Å². The number of nitrogens with zero attached hydrogens (tertiary/aromatic N) is 3. The summed E-state index contributed by atoms with van der Waals surface area (Å²) >= 11 is 0. The predicted molar refractivity (Wildman–Crippen MR) is 182 cm³/mol. The molecule has 2 atom stereocenters. The Kier molecular flexibility index (Phi) is 10.5. The summed E-state index contributed by atoms with van der Waals surface area (Å²) < 4.78 is 89.7. The summed E-state index contributed by atoms with van der Waals surface area (Å²) in [5.41, 5.74) is 9.17. The molecule has 1 saturated heterocycles. The van der Waals surface area contributed by atoms with E-state index in [-0.39, 0.29) is 59.3 Å². The summed E-state index contributed by atoms with van der Waals surface area (Å²) in [6, 6.07) is 8.96. The lowest BCUT2D eigenvalue weighted by molar-refractivity contribution is -0.0493. The summed E-state index contributed by atoms with van der Waals surface area (Å²) in [6.45, 7) is 2.69. The Labute approximate surface area is 286 Å². The van der Waals surface area contributed by atoms with Crippen molar-refractivity contribution in [3.8, 4) is 17.4 Å². The van der Waals surface area contributed by atoms with Crippen LogP contribution in [-0.2, 0) is 10.0 Å². The number of sulfonamides is 1. The number of halogens is 4. The van der Waals surface area contributed by atoms with Crippen LogP contribution in [0.2, 0.25) is 0 Å². The SMILES string of the molecule is CN=C/C(C(=O)c1cc2cc(OC(F)F)c(NC3CN(S(C)(=O)=O)C3)cc2[nH]1)=C(/N)C(C)C(C)c1cnc(Oc2c(F)cccc2F)cc1C. The predicted octanol–water partition coefficient (Wildman–Crippen LogP) is 6.13. The van der Waals surface area contributed by atoms with Crippen LogP contribution in [-0.4, -0.2) is 73.7 Å². The van der Waals surface area contributed by atoms with Crippen LogP contribution in [0.3, 0.4) is 0 Å². The summed E-state index contributed by atoms with van der Waals surface area (Å²) in [6.07, 6.45) is 3.96. The van der Waals surface area contributed by atoms with Crippen LogP contribution < -0.4 is 20.5 Å². The first kappa shape index (κ1) is 36.3. The molecule has 2 aromatic carbocycles. The zero-order chi connectivity index (χ0) is 36.5. The largest absolute Gasteiger partial charge is 0.433 e. The molecule has 11 nitrogen and oxygen atoms in total. The monoisotopic (exact) mass is 716 g/mol. The quantitative estimate of drug-likeness (QED) is 0.0647. The van der Waals surface area contributed by atoms with Gasteiger partial charge < -0.3 is 25.5 Å². The summed E-state index contributed by atoms with van der Waals surface area (Å²) in [4.78, 5) is 25.2. The van der Waals surface area contributed by atoms with Gasteiger partial charge in [0.2, 0.25) is 27.4 Å². The number of alkyl halides is 2. The Morgan fingerprint density at radius 2 is 1.84 bits per heavy atom. The van der Waals surface area contributed by atoms with Gasteiger partial charge >= 0.3 is 6.61 Å². The number of anilines is 1. The second-order valence-corrected chi connectivity index (χ2v) is 14.1. The van der Waals surface area contributed by atoms with Crippen molar-refractivity contribution < 1.29 is 40.2 Å². The number of H-pyrrole nitrogens is 1. The molecule has 1 aliphatic rings. The van der Waals surface area contributed by atoms with E-state index < -0.39 is 45.7 Å². The van der Waals surface area contributed by atoms with Crippen LogP contribution in [0.5, 0.6) is 17.4 Å². The maximum Gasteiger partial charge on any atom is 0.387 e. The average Bonchev–Trinajstić information content (AvgIpc) is 3.44. The Morgan fingerprint density at radius 1 is 1.16 bits per heavy atom. The van der Waals surface area contributed by atoms with E-state index in [0.29, 0.717) is 16.5 Å². The molecule has 4 aromatic rings. The van der Waals surface area contributed by atoms with E-state index in [1.165, 1.54) is 48.0 Å². The fourth-order valence-electron chi connectivity index (χ4n) is 5.69. The number of para-hydroxylation sites is 1. The number of carbonyl (C=O) groups is 1. The third-order valence-electron chi connectivity index (χ3n) is 8.65. The minimum absolute atomic E-state index is 0.00422. The van der Waals surface area contributed by atoms with Gasteiger partial charge in [-0.25, -0.2) is 22.2 Å². The molecule has 3 heterocycles. The van der Waals surface area contributed by atoms with Gasteiger partial charge in [-0.2, -0.15) is 13.1 Å². The van der Waals surface area contributed by atoms with Gasteiger partial charge in [-0.15, -0.1) is 0 Å². The van der Waals surface area contributed by atoms with Crippen molar-refractivity contribution in [2.45, 2.75) is 39.3 Å². The molecule has 0 aliphatic carbocycles. The number of carbonyl (C=O) groups excluding carboxylic acids is 1. The molecule has 0 radical (unpaired) electrons. The van der Waals surface area contributed by atoms with E-state index in [4.69, 9.17) is 15.2 Å². The summed E-state index contributed by atoms with van der Waals surface area (Å²) in [7, 11) is -1.90. The third kappa shape index (κ3) is 7.75. The van der Waals surface area contributed by atoms with Crippen molar-refractivity contribution in [2.24, 2.45) is 16.6 Å². The van der Waals surface area contributed by atoms with Crippen molar-refractivity contribution >= 4 is 38.6 Å². The smallest absolute Gasteiger partial charge is 0.387 e. The first-order valence-corrected chi connectivity index (χ1v) is 17.3. The van der Waals surface area contributed by atoms with Crippen molar-refractivity contribution in [1.82, 2.24) is 14.3 Å². The summed E-state index contributed by atoms with van der Waals surface area (Å²) in [5.74, 6) is -3.69. The second-order valence-electron chi connectivity index (χ2n) is 12.1. The van der Waals surface area contributed by atoms with Crippen LogP contribution in [0.4, 0.5) is 23.2 Å². The minimum atomic E-state index is -3.38. The number of pyridine rings is 1. The molecule has 4 N–H and O–H groups in total. The molecular formula is C34H36F4N6O5S. The van der Waals surface area contributed by atoms with Gasteiger partial charge in [0.05, 0.1) is 29.3 Å². The van der Waals surface area contributed by atoms with Gasteiger partial charge in [-0.1, -0.05) is 19.9 Å². The van der Waals surface area contributed by atoms with Gasteiger partial charge in [0, 0.05) is 61.1 Å². The second kappa shape index (κ2) is 14.5. The maximum absolute atomic E-state index is 14.1. The molecule has 0 spiro atoms. The van der Waals surface area contributed by atoms with Gasteiger partial charge in [0.1, 0.15) is 5.75 Å². The molecule has 266 valence electrons. The molecule has 2 aromatic heterocycles. The van der Waals surface area contributed by atoms with E-state index in [1.807, 2.05) is 13.8 Å². The molecule has 2 unspecified atom stereocenters. The lowest BCUT2D eigenvalue weighted by Gasteiger charge is -2.38. The molecule has 0 bridgehead atoms. The first-order chi connectivity index (χ1) is 23.6. The lowest BCUT2D eigenvalue weighted by atomic mass is 9.83. The van der Waals surface area contributed by atoms with Crippen LogP contribution in [0, 0.1) is 24.5 Å². The highest BCUT2D eigenvalue weighted by Gasteiger charge is 2.34. The number of aromatic amines is 1. The summed E-state index contributed by atoms with van der Waals surface area (Å²) in [5, 5.41) is 3.46. The highest BCUT2D eigenvalue weighted by atomic mass is 32.2. The number of hydrogen-bond donors (Lipinski definition) is 3. The number of ketones is 1. The topological polar surface area (TPSA) is 152 Å². The number of fused-ring (bicyclic) bond motifs is 1. The number of hydrogen-bond acceptors (Lipinski definition) is 9. The van der Waals surface area contributed by atoms with Gasteiger partial charge in [-0.05, 0) is 54.3 Å². The number of ether oxygens (including phenoxy) is 2. The Morgan fingerprint density at radius 3 is 2.44 bits per heavy atom. The number of benzene rings is 2. The van der Waals surface area contributed by atoms with Crippen molar-refractivity contribution in [1.29, 1.82) is 0 Å². The minimum Gasteiger partial charge on any atom is -0.433 e. The fourth-order valence-corrected chi connectivity index (χ4v) is 6.59. The van der Waals surface area contributed by atoms with E-state index in [1.54, 1.807) is 13.0 Å². The van der Waals surface area contributed by atoms with Gasteiger partial charge in [0.25, 0.3) is 0 Å². The number of nitrogens with one attached hydrogen (secondary N) is 2. The molecule has 5 rings (SSSR count). The van der Waals surface area contributed by atoms with Gasteiger partial charge in [-0.3, -0.25) is 9.79 Å². The number of aliphatic imine (C=N–C) groups is 1. The number of allylic oxidation sites excluding steroid dienone is 2. The van der Waals surface area contributed by atoms with E-state index in [0.717, 1.165) is 24.0 Å². The molecule has 1 aliphatic heterocycles. The maximum atomic E-state index is 14.1. The lowest BCUT2D eigenvalue weighted by Crippen LogP contribution is -2.56. The van der Waals surface area contributed by atoms with Crippen LogP contribution in [0.15, 0.2) is 64.9 Å². The van der Waals surface area contributed by atoms with E-state index >= 15 is 0 Å². The number of Topliss-reactive ketones (excluding diaryl/α,β-unsaturated/α-hetero) is 1. The standard InChI is InChI=1S/C34H36F4N6O5S/c1-17-9-30(49-33-24(35)7-6-8-25(33)36)41-14-22(17)18(2)19(3)31(39)23(13-40-4)32(45)28-10-20-11-29(48-34(37)38)27(12-26(20)43-28)42-21-15-44(16-21)50(5,46)47/h6-14,18-19,21,34,42-43H,15-16,39H2,1-5H3/b31-23-,40-13?. The Hall–Kier alpha value is -4.96. The number of nitrogens with two attached hydrogens (primary N) is 1. The zero-order valence-corrected chi connectivity index (χ0v) is 28.6. The Bertz CT molecular complexity index is 2080. The normalized spacial score (nSPS) is 16.0. The average molecular weight is 717 g/mol. The molecule has 50 heavy (non-hydrogen) atoms. The molecule has 16 heteroatoms. The number of rotatable bonds is 13. The first-order valence-electron chi connectivity index (χ1n) is 15.5. The Balaban J connectivity index is 1.40. The van der Waals surface area contributed by atoms with Crippen molar-refractivity contribution in [3.63, 3.8) is 0 Å². The van der Waals surface area contributed by atoms with Gasteiger partial charge in [0.15, 0.2) is 11.6 Å². The number of aromatic nitrogens is 2. The van der Waals surface area contributed by atoms with Crippen LogP contribution in [0.1, 0.15) is 41.4 Å². The molecular weight excluding hydrogens is 680 g/mol. The zero-order valence-electron chi connectivity index (χ0n) is 27.8. The molecule has 0 saturated carbocycles. The third-order valence-corrected chi connectivity index (χ3v) is 9.89. The van der Waals surface area contributed by atoms with E-state index in [2.05, 4.69) is 20.3 Å². The fraction of sp³-hybridized carbons (Fsp3) is 0.324. The van der Waals surface area contributed by atoms with Crippen LogP contribution >= 0.6 is 0 Å². The molecule has 0 amide bonds. The molecule has 1 fully saturated rings. The van der Waals surface area contributed by atoms with E-state index in [9.17, 15) is 30.8 Å². The van der Waals surface area contributed by atoms with Crippen molar-refractivity contribution in [2.75, 3.05) is 31.7 Å². The highest BCUT2D eigenvalue weighted by Crippen LogP contribution is 2.36.